The van der Waals surface area contributed by atoms with E-state index >= 15 is 0 Å². The second kappa shape index (κ2) is 10.6. The molecule has 0 saturated carbocycles. The van der Waals surface area contributed by atoms with Crippen molar-refractivity contribution in [2.24, 2.45) is 10.7 Å². The van der Waals surface area contributed by atoms with Crippen LogP contribution in [-0.2, 0) is 6.42 Å². The van der Waals surface area contributed by atoms with E-state index in [1.807, 2.05) is 0 Å². The maximum absolute atomic E-state index is 5.90. The van der Waals surface area contributed by atoms with Crippen LogP contribution in [0.15, 0.2) is 22.5 Å². The highest BCUT2D eigenvalue weighted by molar-refractivity contribution is 7.09. The number of nitrogens with one attached hydrogen (secondary N) is 1. The van der Waals surface area contributed by atoms with Crippen molar-refractivity contribution >= 4 is 17.3 Å². The van der Waals surface area contributed by atoms with Crippen LogP contribution in [0.4, 0.5) is 0 Å². The Hall–Kier alpha value is -1.11. The van der Waals surface area contributed by atoms with Gasteiger partial charge in [0, 0.05) is 44.1 Å². The lowest BCUT2D eigenvalue weighted by Gasteiger charge is -2.33. The fourth-order valence-electron chi connectivity index (χ4n) is 2.80. The molecule has 1 saturated heterocycles. The number of guanidine groups is 1. The molecule has 1 aromatic heterocycles. The van der Waals surface area contributed by atoms with Gasteiger partial charge >= 0.3 is 0 Å². The molecule has 1 aromatic rings. The van der Waals surface area contributed by atoms with E-state index in [4.69, 9.17) is 5.73 Å². The number of thiophene rings is 1. The van der Waals surface area contributed by atoms with Gasteiger partial charge in [0.05, 0.1) is 0 Å². The summed E-state index contributed by atoms with van der Waals surface area (Å²) in [6.45, 7) is 11.2. The minimum Gasteiger partial charge on any atom is -0.370 e. The quantitative estimate of drug-likeness (QED) is 0.408. The van der Waals surface area contributed by atoms with Crippen LogP contribution in [0.5, 0.6) is 0 Å². The molecule has 0 amide bonds. The summed E-state index contributed by atoms with van der Waals surface area (Å²) >= 11 is 1.79. The minimum atomic E-state index is 0.582. The molecule has 0 atom stereocenters. The van der Waals surface area contributed by atoms with E-state index < -0.39 is 0 Å². The van der Waals surface area contributed by atoms with Crippen molar-refractivity contribution in [3.8, 4) is 0 Å². The lowest BCUT2D eigenvalue weighted by molar-refractivity contribution is 0.136. The molecular formula is C17H31N5S. The first-order valence-electron chi connectivity index (χ1n) is 8.79. The number of rotatable bonds is 9. The van der Waals surface area contributed by atoms with Gasteiger partial charge in [-0.25, -0.2) is 0 Å². The fourth-order valence-corrected chi connectivity index (χ4v) is 3.51. The molecule has 2 heterocycles. The minimum absolute atomic E-state index is 0.582. The average Bonchev–Trinajstić information content (AvgIpc) is 3.08. The summed E-state index contributed by atoms with van der Waals surface area (Å²) in [6.07, 6.45) is 3.33. The predicted molar refractivity (Wildman–Crippen MR) is 100 cm³/mol. The Kier molecular flexibility index (Phi) is 8.42. The Morgan fingerprint density at radius 3 is 2.74 bits per heavy atom. The molecule has 3 N–H and O–H groups in total. The van der Waals surface area contributed by atoms with E-state index in [0.29, 0.717) is 5.96 Å². The summed E-state index contributed by atoms with van der Waals surface area (Å²) < 4.78 is 0. The first-order chi connectivity index (χ1) is 11.3. The van der Waals surface area contributed by atoms with Gasteiger partial charge < -0.3 is 20.9 Å². The molecule has 0 aromatic carbocycles. The Bertz CT molecular complexity index is 438. The summed E-state index contributed by atoms with van der Waals surface area (Å²) in [5.41, 5.74) is 5.90. The molecular weight excluding hydrogens is 306 g/mol. The molecule has 23 heavy (non-hydrogen) atoms. The van der Waals surface area contributed by atoms with Gasteiger partial charge in [-0.05, 0) is 43.8 Å². The monoisotopic (exact) mass is 337 g/mol. The highest BCUT2D eigenvalue weighted by Gasteiger charge is 2.14. The van der Waals surface area contributed by atoms with Crippen LogP contribution in [0.1, 0.15) is 24.6 Å². The van der Waals surface area contributed by atoms with Crippen LogP contribution < -0.4 is 11.1 Å². The lowest BCUT2D eigenvalue weighted by Crippen LogP contribution is -2.46. The van der Waals surface area contributed by atoms with Crippen molar-refractivity contribution in [1.82, 2.24) is 15.1 Å². The van der Waals surface area contributed by atoms with E-state index in [0.717, 1.165) is 25.9 Å². The highest BCUT2D eigenvalue weighted by Crippen LogP contribution is 2.08. The molecule has 1 aliphatic heterocycles. The van der Waals surface area contributed by atoms with Crippen molar-refractivity contribution in [1.29, 1.82) is 0 Å². The standard InChI is InChI=1S/C17H31N5S/c1-2-21-11-13-22(14-12-21)10-4-3-8-19-17(18)20-9-7-16-6-5-15-23-16/h5-6,15H,2-4,7-14H2,1H3,(H3,18,19,20). The third-order valence-electron chi connectivity index (χ3n) is 4.33. The van der Waals surface area contributed by atoms with Crippen LogP contribution >= 0.6 is 11.3 Å². The zero-order chi connectivity index (χ0) is 16.3. The summed E-state index contributed by atoms with van der Waals surface area (Å²) in [5.74, 6) is 0.582. The van der Waals surface area contributed by atoms with Gasteiger partial charge in [-0.15, -0.1) is 11.3 Å². The Morgan fingerprint density at radius 2 is 2.04 bits per heavy atom. The van der Waals surface area contributed by atoms with Gasteiger partial charge in [-0.2, -0.15) is 0 Å². The van der Waals surface area contributed by atoms with E-state index in [-0.39, 0.29) is 0 Å². The molecule has 1 aliphatic rings. The largest absolute Gasteiger partial charge is 0.370 e. The van der Waals surface area contributed by atoms with Crippen LogP contribution in [0.2, 0.25) is 0 Å². The predicted octanol–water partition coefficient (Wildman–Crippen LogP) is 1.61. The van der Waals surface area contributed by atoms with Crippen molar-refractivity contribution in [3.05, 3.63) is 22.4 Å². The van der Waals surface area contributed by atoms with Gasteiger partial charge in [0.25, 0.3) is 0 Å². The Morgan fingerprint density at radius 1 is 1.26 bits per heavy atom. The molecule has 5 nitrogen and oxygen atoms in total. The van der Waals surface area contributed by atoms with E-state index in [1.165, 1.54) is 50.6 Å². The number of aliphatic imine (C=N–C) groups is 1. The van der Waals surface area contributed by atoms with Gasteiger partial charge in [0.1, 0.15) is 0 Å². The van der Waals surface area contributed by atoms with Gasteiger partial charge in [-0.3, -0.25) is 4.99 Å². The fraction of sp³-hybridized carbons (Fsp3) is 0.706. The second-order valence-electron chi connectivity index (χ2n) is 6.01. The Labute approximate surface area is 144 Å². The first kappa shape index (κ1) is 18.2. The number of nitrogens with two attached hydrogens (primary N) is 1. The zero-order valence-corrected chi connectivity index (χ0v) is 15.2. The summed E-state index contributed by atoms with van der Waals surface area (Å²) in [5, 5.41) is 5.30. The molecule has 0 spiro atoms. The molecule has 0 unspecified atom stereocenters. The van der Waals surface area contributed by atoms with Crippen molar-refractivity contribution in [2.75, 3.05) is 52.4 Å². The Balaban J connectivity index is 1.47. The SMILES string of the molecule is CCN1CCN(CCCCN=C(N)NCCc2cccs2)CC1. The average molecular weight is 338 g/mol. The number of unbranched alkanes of at least 4 members (excludes halogenated alkanes) is 1. The van der Waals surface area contributed by atoms with Crippen molar-refractivity contribution < 1.29 is 0 Å². The lowest BCUT2D eigenvalue weighted by atomic mass is 10.2. The van der Waals surface area contributed by atoms with E-state index in [1.54, 1.807) is 11.3 Å². The summed E-state index contributed by atoms with van der Waals surface area (Å²) in [7, 11) is 0. The highest BCUT2D eigenvalue weighted by atomic mass is 32.1. The van der Waals surface area contributed by atoms with E-state index in [9.17, 15) is 0 Å². The number of hydrogen-bond acceptors (Lipinski definition) is 4. The molecule has 0 bridgehead atoms. The zero-order valence-electron chi connectivity index (χ0n) is 14.3. The topological polar surface area (TPSA) is 56.9 Å². The van der Waals surface area contributed by atoms with E-state index in [2.05, 4.69) is 44.5 Å². The van der Waals surface area contributed by atoms with Gasteiger partial charge in [-0.1, -0.05) is 13.0 Å². The number of piperazine rings is 1. The normalized spacial score (nSPS) is 17.5. The van der Waals surface area contributed by atoms with Crippen LogP contribution in [-0.4, -0.2) is 68.1 Å². The molecule has 0 radical (unpaired) electrons. The smallest absolute Gasteiger partial charge is 0.188 e. The van der Waals surface area contributed by atoms with Crippen molar-refractivity contribution in [3.63, 3.8) is 0 Å². The molecule has 1 fully saturated rings. The molecule has 130 valence electrons. The number of nitrogens with zero attached hydrogens (tertiary/aromatic N) is 3. The maximum Gasteiger partial charge on any atom is 0.188 e. The molecule has 6 heteroatoms. The summed E-state index contributed by atoms with van der Waals surface area (Å²) in [6, 6.07) is 4.24. The molecule has 2 rings (SSSR count). The number of likely N-dealkylation sites (N-methyl/N-ethyl adjacent to an activating group) is 1. The third-order valence-corrected chi connectivity index (χ3v) is 5.27. The van der Waals surface area contributed by atoms with Gasteiger partial charge in [0.15, 0.2) is 5.96 Å². The second-order valence-corrected chi connectivity index (χ2v) is 7.04. The van der Waals surface area contributed by atoms with Gasteiger partial charge in [0.2, 0.25) is 0 Å². The summed E-state index contributed by atoms with van der Waals surface area (Å²) in [4.78, 5) is 10.9. The van der Waals surface area contributed by atoms with Crippen molar-refractivity contribution in [2.45, 2.75) is 26.2 Å². The van der Waals surface area contributed by atoms with Crippen LogP contribution in [0.25, 0.3) is 0 Å². The van der Waals surface area contributed by atoms with Crippen LogP contribution in [0, 0.1) is 0 Å². The molecule has 0 aliphatic carbocycles. The first-order valence-corrected chi connectivity index (χ1v) is 9.66. The number of hydrogen-bond donors (Lipinski definition) is 2. The maximum atomic E-state index is 5.90. The third kappa shape index (κ3) is 7.33. The van der Waals surface area contributed by atoms with Crippen LogP contribution in [0.3, 0.4) is 0 Å².